The second-order valence-corrected chi connectivity index (χ2v) is 6.77. The van der Waals surface area contributed by atoms with E-state index in [2.05, 4.69) is 35.9 Å². The van der Waals surface area contributed by atoms with Crippen LogP contribution in [0.25, 0.3) is 0 Å². The van der Waals surface area contributed by atoms with Gasteiger partial charge in [0.2, 0.25) is 11.1 Å². The Morgan fingerprint density at radius 2 is 1.71 bits per heavy atom. The van der Waals surface area contributed by atoms with Crippen molar-refractivity contribution in [3.63, 3.8) is 0 Å². The molecule has 2 aliphatic heterocycles. The van der Waals surface area contributed by atoms with Gasteiger partial charge in [0.25, 0.3) is 0 Å². The smallest absolute Gasteiger partial charge is 0.227 e. The molecule has 2 aliphatic rings. The van der Waals surface area contributed by atoms with Crippen LogP contribution in [0.2, 0.25) is 0 Å². The minimum Gasteiger partial charge on any atom is -0.378 e. The van der Waals surface area contributed by atoms with Gasteiger partial charge in [-0.1, -0.05) is 11.3 Å². The van der Waals surface area contributed by atoms with Gasteiger partial charge >= 0.3 is 0 Å². The Labute approximate surface area is 145 Å². The van der Waals surface area contributed by atoms with Crippen LogP contribution in [0, 0.1) is 6.92 Å². The standard InChI is InChI=1S/C15H21N7OS/c1-12-10-13(18-14(17-12)21-6-8-23-9-7-21)20-2-4-22(5-3-20)15-19-16-11-24-15/h10-11H,2-9H2,1H3. The summed E-state index contributed by atoms with van der Waals surface area (Å²) in [6.07, 6.45) is 0. The molecule has 0 amide bonds. The SMILES string of the molecule is Cc1cc(N2CCN(c3nncs3)CC2)nc(N2CCOCC2)n1. The molecule has 0 atom stereocenters. The number of aryl methyl sites for hydroxylation is 1. The molecule has 0 saturated carbocycles. The van der Waals surface area contributed by atoms with E-state index in [0.717, 1.165) is 75.1 Å². The first kappa shape index (κ1) is 15.5. The van der Waals surface area contributed by atoms with E-state index in [4.69, 9.17) is 9.72 Å². The first-order valence-corrected chi connectivity index (χ1v) is 9.12. The molecule has 9 heteroatoms. The number of ether oxygens (including phenoxy) is 1. The van der Waals surface area contributed by atoms with Gasteiger partial charge in [-0.05, 0) is 6.92 Å². The van der Waals surface area contributed by atoms with Gasteiger partial charge in [-0.15, -0.1) is 10.2 Å². The van der Waals surface area contributed by atoms with Crippen molar-refractivity contribution in [2.24, 2.45) is 0 Å². The monoisotopic (exact) mass is 347 g/mol. The molecule has 2 saturated heterocycles. The second kappa shape index (κ2) is 6.86. The predicted molar refractivity (Wildman–Crippen MR) is 94.1 cm³/mol. The molecule has 2 fully saturated rings. The van der Waals surface area contributed by atoms with Crippen molar-refractivity contribution >= 4 is 28.2 Å². The third kappa shape index (κ3) is 3.27. The molecule has 4 rings (SSSR count). The fraction of sp³-hybridized carbons (Fsp3) is 0.600. The van der Waals surface area contributed by atoms with Crippen LogP contribution in [0.15, 0.2) is 11.6 Å². The lowest BCUT2D eigenvalue weighted by atomic mass is 10.3. The fourth-order valence-electron chi connectivity index (χ4n) is 3.04. The van der Waals surface area contributed by atoms with E-state index in [1.54, 1.807) is 16.8 Å². The van der Waals surface area contributed by atoms with Gasteiger partial charge in [-0.25, -0.2) is 4.98 Å². The molecule has 0 bridgehead atoms. The summed E-state index contributed by atoms with van der Waals surface area (Å²) in [5, 5.41) is 9.09. The van der Waals surface area contributed by atoms with Crippen LogP contribution in [-0.2, 0) is 4.74 Å². The Bertz CT molecular complexity index is 666. The van der Waals surface area contributed by atoms with E-state index in [0.29, 0.717) is 0 Å². The van der Waals surface area contributed by atoms with Crippen molar-refractivity contribution in [1.29, 1.82) is 0 Å². The van der Waals surface area contributed by atoms with E-state index < -0.39 is 0 Å². The maximum Gasteiger partial charge on any atom is 0.227 e. The van der Waals surface area contributed by atoms with E-state index in [1.165, 1.54) is 0 Å². The topological polar surface area (TPSA) is 70.5 Å². The summed E-state index contributed by atoms with van der Waals surface area (Å²) in [5.74, 6) is 1.83. The number of hydrogen-bond donors (Lipinski definition) is 0. The second-order valence-electron chi connectivity index (χ2n) is 5.96. The summed E-state index contributed by atoms with van der Waals surface area (Å²) in [4.78, 5) is 16.2. The number of nitrogens with zero attached hydrogens (tertiary/aromatic N) is 7. The zero-order valence-corrected chi connectivity index (χ0v) is 14.6. The normalized spacial score (nSPS) is 19.0. The Morgan fingerprint density at radius 3 is 2.42 bits per heavy atom. The van der Waals surface area contributed by atoms with Crippen LogP contribution in [0.3, 0.4) is 0 Å². The number of anilines is 3. The molecule has 8 nitrogen and oxygen atoms in total. The number of hydrogen-bond acceptors (Lipinski definition) is 9. The van der Waals surface area contributed by atoms with Gasteiger partial charge in [0.05, 0.1) is 13.2 Å². The van der Waals surface area contributed by atoms with Crippen LogP contribution in [0.1, 0.15) is 5.69 Å². The predicted octanol–water partition coefficient (Wildman–Crippen LogP) is 0.800. The first-order valence-electron chi connectivity index (χ1n) is 8.24. The number of aromatic nitrogens is 4. The molecule has 2 aromatic heterocycles. The number of rotatable bonds is 3. The van der Waals surface area contributed by atoms with Gasteiger partial charge in [0.15, 0.2) is 0 Å². The molecule has 0 aliphatic carbocycles. The number of morpholine rings is 1. The number of piperazine rings is 1. The minimum atomic E-state index is 0.743. The van der Waals surface area contributed by atoms with Crippen molar-refractivity contribution in [2.45, 2.75) is 6.92 Å². The van der Waals surface area contributed by atoms with Crippen molar-refractivity contribution in [2.75, 3.05) is 67.2 Å². The molecular weight excluding hydrogens is 326 g/mol. The molecule has 2 aromatic rings. The highest BCUT2D eigenvalue weighted by molar-refractivity contribution is 7.13. The zero-order valence-electron chi connectivity index (χ0n) is 13.8. The van der Waals surface area contributed by atoms with Crippen molar-refractivity contribution < 1.29 is 4.74 Å². The molecular formula is C15H21N7OS. The fourth-order valence-corrected chi connectivity index (χ4v) is 3.65. The average Bonchev–Trinajstić information content (AvgIpc) is 3.17. The van der Waals surface area contributed by atoms with Gasteiger partial charge in [0.1, 0.15) is 11.3 Å². The van der Waals surface area contributed by atoms with Gasteiger partial charge in [-0.2, -0.15) is 4.98 Å². The maximum absolute atomic E-state index is 5.42. The molecule has 0 N–H and O–H groups in total. The van der Waals surface area contributed by atoms with E-state index >= 15 is 0 Å². The summed E-state index contributed by atoms with van der Waals surface area (Å²) < 4.78 is 5.42. The molecule has 4 heterocycles. The van der Waals surface area contributed by atoms with E-state index in [-0.39, 0.29) is 0 Å². The lowest BCUT2D eigenvalue weighted by Gasteiger charge is -2.35. The maximum atomic E-state index is 5.42. The average molecular weight is 347 g/mol. The quantitative estimate of drug-likeness (QED) is 0.807. The van der Waals surface area contributed by atoms with Crippen molar-refractivity contribution in [3.05, 3.63) is 17.3 Å². The van der Waals surface area contributed by atoms with E-state index in [9.17, 15) is 0 Å². The lowest BCUT2D eigenvalue weighted by Crippen LogP contribution is -2.47. The highest BCUT2D eigenvalue weighted by Gasteiger charge is 2.22. The van der Waals surface area contributed by atoms with Crippen LogP contribution in [-0.4, -0.2) is 72.6 Å². The third-order valence-electron chi connectivity index (χ3n) is 4.35. The summed E-state index contributed by atoms with van der Waals surface area (Å²) in [7, 11) is 0. The Morgan fingerprint density at radius 1 is 0.958 bits per heavy atom. The molecule has 128 valence electrons. The van der Waals surface area contributed by atoms with Crippen LogP contribution < -0.4 is 14.7 Å². The summed E-state index contributed by atoms with van der Waals surface area (Å²) in [5.41, 5.74) is 2.79. The highest BCUT2D eigenvalue weighted by Crippen LogP contribution is 2.22. The summed E-state index contributed by atoms with van der Waals surface area (Å²) in [6, 6.07) is 2.07. The Kier molecular flexibility index (Phi) is 4.44. The van der Waals surface area contributed by atoms with Crippen molar-refractivity contribution in [3.8, 4) is 0 Å². The first-order chi connectivity index (χ1) is 11.8. The van der Waals surface area contributed by atoms with E-state index in [1.807, 2.05) is 6.92 Å². The van der Waals surface area contributed by atoms with Crippen LogP contribution >= 0.6 is 11.3 Å². The van der Waals surface area contributed by atoms with Crippen LogP contribution in [0.5, 0.6) is 0 Å². The highest BCUT2D eigenvalue weighted by atomic mass is 32.1. The summed E-state index contributed by atoms with van der Waals surface area (Å²) >= 11 is 1.59. The largest absolute Gasteiger partial charge is 0.378 e. The summed E-state index contributed by atoms with van der Waals surface area (Å²) in [6.45, 7) is 8.96. The molecule has 0 aromatic carbocycles. The molecule has 0 spiro atoms. The lowest BCUT2D eigenvalue weighted by molar-refractivity contribution is 0.122. The third-order valence-corrected chi connectivity index (χ3v) is 5.10. The van der Waals surface area contributed by atoms with Gasteiger partial charge in [-0.3, -0.25) is 0 Å². The zero-order chi connectivity index (χ0) is 16.4. The van der Waals surface area contributed by atoms with Gasteiger partial charge in [0, 0.05) is 51.0 Å². The molecule has 0 radical (unpaired) electrons. The molecule has 24 heavy (non-hydrogen) atoms. The Hall–Kier alpha value is -2.00. The van der Waals surface area contributed by atoms with Crippen LogP contribution in [0.4, 0.5) is 16.9 Å². The van der Waals surface area contributed by atoms with Gasteiger partial charge < -0.3 is 19.4 Å². The van der Waals surface area contributed by atoms with Crippen molar-refractivity contribution in [1.82, 2.24) is 20.2 Å². The minimum absolute atomic E-state index is 0.743. The molecule has 0 unspecified atom stereocenters. The Balaban J connectivity index is 1.47.